The van der Waals surface area contributed by atoms with Crippen molar-refractivity contribution >= 4 is 16.7 Å². The van der Waals surface area contributed by atoms with Crippen molar-refractivity contribution in [1.29, 1.82) is 0 Å². The van der Waals surface area contributed by atoms with E-state index < -0.39 is 0 Å². The fourth-order valence-electron chi connectivity index (χ4n) is 1.95. The highest BCUT2D eigenvalue weighted by atomic mass is 16.5. The summed E-state index contributed by atoms with van der Waals surface area (Å²) in [5.74, 6) is 0.00283. The normalized spacial score (nSPS) is 10.5. The van der Waals surface area contributed by atoms with Gasteiger partial charge in [0, 0.05) is 6.42 Å². The molecule has 0 bridgehead atoms. The monoisotopic (exact) mass is 244 g/mol. The molecule has 0 aliphatic carbocycles. The number of fused-ring (bicyclic) bond motifs is 1. The molecule has 0 radical (unpaired) electrons. The lowest BCUT2D eigenvalue weighted by molar-refractivity contribution is -0.143. The maximum Gasteiger partial charge on any atom is 0.306 e. The number of hydrogen-bond acceptors (Lipinski definition) is 3. The number of hydrogen-bond donors (Lipinski definition) is 1. The van der Waals surface area contributed by atoms with Gasteiger partial charge in [-0.05, 0) is 41.8 Å². The third-order valence-corrected chi connectivity index (χ3v) is 2.85. The summed E-state index contributed by atoms with van der Waals surface area (Å²) in [7, 11) is 0. The molecule has 3 heteroatoms. The Morgan fingerprint density at radius 1 is 1.22 bits per heavy atom. The Morgan fingerprint density at radius 3 is 2.56 bits per heavy atom. The van der Waals surface area contributed by atoms with Crippen LogP contribution in [0.15, 0.2) is 36.4 Å². The van der Waals surface area contributed by atoms with Crippen molar-refractivity contribution in [2.24, 2.45) is 0 Å². The zero-order chi connectivity index (χ0) is 13.0. The van der Waals surface area contributed by atoms with Gasteiger partial charge < -0.3 is 9.84 Å². The van der Waals surface area contributed by atoms with E-state index in [1.165, 1.54) is 0 Å². The molecule has 2 rings (SSSR count). The Labute approximate surface area is 106 Å². The van der Waals surface area contributed by atoms with Gasteiger partial charge in [-0.2, -0.15) is 0 Å². The number of carbonyl (C=O) groups is 1. The van der Waals surface area contributed by atoms with Gasteiger partial charge >= 0.3 is 5.97 Å². The zero-order valence-electron chi connectivity index (χ0n) is 10.3. The highest BCUT2D eigenvalue weighted by Gasteiger charge is 2.07. The smallest absolute Gasteiger partial charge is 0.306 e. The van der Waals surface area contributed by atoms with Gasteiger partial charge in [0.15, 0.2) is 0 Å². The van der Waals surface area contributed by atoms with Gasteiger partial charge in [-0.1, -0.05) is 24.3 Å². The van der Waals surface area contributed by atoms with E-state index in [4.69, 9.17) is 4.74 Å². The minimum absolute atomic E-state index is 0.231. The topological polar surface area (TPSA) is 46.5 Å². The van der Waals surface area contributed by atoms with Crippen LogP contribution in [0.4, 0.5) is 0 Å². The minimum atomic E-state index is -0.231. The maximum atomic E-state index is 11.3. The van der Waals surface area contributed by atoms with Crippen LogP contribution in [-0.4, -0.2) is 17.7 Å². The van der Waals surface area contributed by atoms with Gasteiger partial charge in [0.25, 0.3) is 0 Å². The fraction of sp³-hybridized carbons (Fsp3) is 0.267. The molecule has 0 saturated heterocycles. The molecule has 1 N–H and O–H groups in total. The van der Waals surface area contributed by atoms with Crippen molar-refractivity contribution in [3.63, 3.8) is 0 Å². The first kappa shape index (κ1) is 12.4. The first-order chi connectivity index (χ1) is 8.70. The van der Waals surface area contributed by atoms with E-state index in [1.54, 1.807) is 13.0 Å². The van der Waals surface area contributed by atoms with E-state index in [1.807, 2.05) is 30.3 Å². The highest BCUT2D eigenvalue weighted by molar-refractivity contribution is 5.85. The molecule has 0 atom stereocenters. The largest absolute Gasteiger partial charge is 0.508 e. The number of rotatable bonds is 4. The van der Waals surface area contributed by atoms with Gasteiger partial charge in [-0.25, -0.2) is 0 Å². The number of aromatic hydroxyl groups is 1. The van der Waals surface area contributed by atoms with Crippen molar-refractivity contribution in [1.82, 2.24) is 0 Å². The zero-order valence-corrected chi connectivity index (χ0v) is 10.3. The average Bonchev–Trinajstić information content (AvgIpc) is 2.36. The molecule has 0 fully saturated rings. The van der Waals surface area contributed by atoms with E-state index in [-0.39, 0.29) is 11.7 Å². The standard InChI is InChI=1S/C15H16O3/c1-2-18-15(17)8-7-13-9-11-5-3-4-6-12(11)10-14(13)16/h3-6,9-10,16H,2,7-8H2,1H3. The van der Waals surface area contributed by atoms with Crippen LogP contribution in [0.5, 0.6) is 5.75 Å². The fourth-order valence-corrected chi connectivity index (χ4v) is 1.95. The number of carbonyl (C=O) groups excluding carboxylic acids is 1. The van der Waals surface area contributed by atoms with Crippen molar-refractivity contribution in [2.45, 2.75) is 19.8 Å². The van der Waals surface area contributed by atoms with Gasteiger partial charge in [-0.3, -0.25) is 4.79 Å². The van der Waals surface area contributed by atoms with Crippen molar-refractivity contribution in [2.75, 3.05) is 6.61 Å². The quantitative estimate of drug-likeness (QED) is 0.841. The van der Waals surface area contributed by atoms with E-state index >= 15 is 0 Å². The predicted molar refractivity (Wildman–Crippen MR) is 70.6 cm³/mol. The van der Waals surface area contributed by atoms with Crippen LogP contribution in [0.3, 0.4) is 0 Å². The van der Waals surface area contributed by atoms with E-state index in [9.17, 15) is 9.90 Å². The van der Waals surface area contributed by atoms with E-state index in [0.717, 1.165) is 16.3 Å². The third kappa shape index (κ3) is 2.80. The molecule has 0 heterocycles. The number of esters is 1. The summed E-state index contributed by atoms with van der Waals surface area (Å²) < 4.78 is 4.87. The molecular weight excluding hydrogens is 228 g/mol. The molecule has 2 aromatic rings. The summed E-state index contributed by atoms with van der Waals surface area (Å²) in [5, 5.41) is 12.0. The molecule has 0 aliphatic rings. The Kier molecular flexibility index (Phi) is 3.82. The van der Waals surface area contributed by atoms with Gasteiger partial charge in [0.1, 0.15) is 5.75 Å². The second-order valence-corrected chi connectivity index (χ2v) is 4.13. The summed E-state index contributed by atoms with van der Waals surface area (Å²) in [5.41, 5.74) is 0.779. The molecular formula is C15H16O3. The molecule has 18 heavy (non-hydrogen) atoms. The lowest BCUT2D eigenvalue weighted by Gasteiger charge is -2.07. The molecule has 0 spiro atoms. The average molecular weight is 244 g/mol. The van der Waals surface area contributed by atoms with Gasteiger partial charge in [-0.15, -0.1) is 0 Å². The van der Waals surface area contributed by atoms with Crippen LogP contribution in [0.25, 0.3) is 10.8 Å². The molecule has 0 amide bonds. The Morgan fingerprint density at radius 2 is 1.89 bits per heavy atom. The van der Waals surface area contributed by atoms with E-state index in [0.29, 0.717) is 19.4 Å². The van der Waals surface area contributed by atoms with Crippen LogP contribution in [0, 0.1) is 0 Å². The van der Waals surface area contributed by atoms with Crippen molar-refractivity contribution in [3.05, 3.63) is 42.0 Å². The highest BCUT2D eigenvalue weighted by Crippen LogP contribution is 2.25. The molecule has 94 valence electrons. The lowest BCUT2D eigenvalue weighted by Crippen LogP contribution is -2.05. The predicted octanol–water partition coefficient (Wildman–Crippen LogP) is 3.04. The SMILES string of the molecule is CCOC(=O)CCc1cc2ccccc2cc1O. The summed E-state index contributed by atoms with van der Waals surface area (Å²) >= 11 is 0. The van der Waals surface area contributed by atoms with Crippen LogP contribution < -0.4 is 0 Å². The Bertz CT molecular complexity index is 561. The third-order valence-electron chi connectivity index (χ3n) is 2.85. The van der Waals surface area contributed by atoms with Gasteiger partial charge in [0.05, 0.1) is 6.61 Å². The molecule has 0 aliphatic heterocycles. The molecule has 0 aromatic heterocycles. The number of ether oxygens (including phenoxy) is 1. The van der Waals surface area contributed by atoms with E-state index in [2.05, 4.69) is 0 Å². The Hall–Kier alpha value is -2.03. The number of phenols is 1. The summed E-state index contributed by atoms with van der Waals surface area (Å²) in [6.45, 7) is 2.17. The summed E-state index contributed by atoms with van der Waals surface area (Å²) in [6, 6.07) is 11.5. The van der Waals surface area contributed by atoms with Crippen molar-refractivity contribution < 1.29 is 14.6 Å². The first-order valence-electron chi connectivity index (χ1n) is 6.07. The molecule has 2 aromatic carbocycles. The number of phenolic OH excluding ortho intramolecular Hbond substituents is 1. The second-order valence-electron chi connectivity index (χ2n) is 4.13. The van der Waals surface area contributed by atoms with Crippen LogP contribution in [0.2, 0.25) is 0 Å². The van der Waals surface area contributed by atoms with Gasteiger partial charge in [0.2, 0.25) is 0 Å². The molecule has 3 nitrogen and oxygen atoms in total. The number of aryl methyl sites for hydroxylation is 1. The number of benzene rings is 2. The van der Waals surface area contributed by atoms with Crippen LogP contribution in [0.1, 0.15) is 18.9 Å². The van der Waals surface area contributed by atoms with Crippen LogP contribution >= 0.6 is 0 Å². The molecule has 0 unspecified atom stereocenters. The first-order valence-corrected chi connectivity index (χ1v) is 6.07. The second kappa shape index (κ2) is 5.54. The summed E-state index contributed by atoms with van der Waals surface area (Å²) in [4.78, 5) is 11.3. The van der Waals surface area contributed by atoms with Crippen molar-refractivity contribution in [3.8, 4) is 5.75 Å². The molecule has 0 saturated carbocycles. The summed E-state index contributed by atoms with van der Waals surface area (Å²) in [6.07, 6.45) is 0.787. The maximum absolute atomic E-state index is 11.3. The van der Waals surface area contributed by atoms with Crippen LogP contribution in [-0.2, 0) is 16.0 Å². The Balaban J connectivity index is 2.17. The lowest BCUT2D eigenvalue weighted by atomic mass is 10.0. The minimum Gasteiger partial charge on any atom is -0.508 e.